The van der Waals surface area contributed by atoms with E-state index in [-0.39, 0.29) is 24.7 Å². The zero-order chi connectivity index (χ0) is 19.1. The molecule has 4 rings (SSSR count). The fourth-order valence-corrected chi connectivity index (χ4v) is 4.17. The molecule has 27 heavy (non-hydrogen) atoms. The van der Waals surface area contributed by atoms with Crippen LogP contribution in [0.4, 0.5) is 0 Å². The number of carbonyl (C=O) groups excluding carboxylic acids is 1. The number of aliphatic hydroxyl groups is 1. The van der Waals surface area contributed by atoms with Crippen molar-refractivity contribution in [1.29, 1.82) is 0 Å². The molecule has 1 aliphatic heterocycles. The first-order valence-electron chi connectivity index (χ1n) is 9.36. The van der Waals surface area contributed by atoms with E-state index in [9.17, 15) is 9.90 Å². The van der Waals surface area contributed by atoms with Crippen molar-refractivity contribution in [2.75, 3.05) is 13.2 Å². The molecule has 0 saturated carbocycles. The Morgan fingerprint density at radius 1 is 1.19 bits per heavy atom. The lowest BCUT2D eigenvalue weighted by Crippen LogP contribution is -2.48. The zero-order valence-electron chi connectivity index (χ0n) is 15.7. The molecule has 2 N–H and O–H groups in total. The van der Waals surface area contributed by atoms with Crippen LogP contribution in [0.2, 0.25) is 0 Å². The Balaban J connectivity index is 1.45. The Kier molecular flexibility index (Phi) is 4.35. The second kappa shape index (κ2) is 6.57. The normalized spacial score (nSPS) is 21.9. The molecule has 0 spiro atoms. The number of fused-ring (bicyclic) bond motifs is 2. The van der Waals surface area contributed by atoms with Crippen LogP contribution >= 0.6 is 0 Å². The highest BCUT2D eigenvalue weighted by atomic mass is 16.5. The van der Waals surface area contributed by atoms with Gasteiger partial charge in [-0.25, -0.2) is 0 Å². The summed E-state index contributed by atoms with van der Waals surface area (Å²) in [6.45, 7) is 3.82. The van der Waals surface area contributed by atoms with Crippen LogP contribution in [0, 0.1) is 0 Å². The smallest absolute Gasteiger partial charge is 0.258 e. The zero-order valence-corrected chi connectivity index (χ0v) is 15.7. The van der Waals surface area contributed by atoms with Crippen molar-refractivity contribution in [3.8, 4) is 11.5 Å². The van der Waals surface area contributed by atoms with Crippen LogP contribution in [0.15, 0.2) is 42.5 Å². The second-order valence-corrected chi connectivity index (χ2v) is 8.02. The number of rotatable bonds is 5. The molecule has 142 valence electrons. The first-order chi connectivity index (χ1) is 12.9. The number of carbonyl (C=O) groups is 1. The molecule has 2 aromatic rings. The first-order valence-corrected chi connectivity index (χ1v) is 9.36. The molecule has 1 atom stereocenters. The topological polar surface area (TPSA) is 67.8 Å². The maximum Gasteiger partial charge on any atom is 0.258 e. The molecule has 5 nitrogen and oxygen atoms in total. The summed E-state index contributed by atoms with van der Waals surface area (Å²) in [6, 6.07) is 13.7. The molecule has 1 aliphatic carbocycles. The van der Waals surface area contributed by atoms with E-state index in [1.807, 2.05) is 56.3 Å². The molecular weight excluding hydrogens is 342 g/mol. The van der Waals surface area contributed by atoms with Crippen molar-refractivity contribution in [1.82, 2.24) is 5.32 Å². The fourth-order valence-electron chi connectivity index (χ4n) is 4.17. The van der Waals surface area contributed by atoms with Gasteiger partial charge in [0.15, 0.2) is 18.1 Å². The van der Waals surface area contributed by atoms with Crippen LogP contribution in [-0.2, 0) is 23.2 Å². The molecule has 0 saturated heterocycles. The van der Waals surface area contributed by atoms with Crippen molar-refractivity contribution >= 4 is 5.91 Å². The van der Waals surface area contributed by atoms with E-state index >= 15 is 0 Å². The fraction of sp³-hybridized carbons (Fsp3) is 0.409. The Hall–Kier alpha value is -2.53. The average molecular weight is 367 g/mol. The summed E-state index contributed by atoms with van der Waals surface area (Å²) in [5.41, 5.74) is 2.26. The van der Waals surface area contributed by atoms with Gasteiger partial charge >= 0.3 is 0 Å². The van der Waals surface area contributed by atoms with Gasteiger partial charge in [0.25, 0.3) is 5.91 Å². The van der Waals surface area contributed by atoms with Crippen molar-refractivity contribution in [3.63, 3.8) is 0 Å². The largest absolute Gasteiger partial charge is 0.483 e. The van der Waals surface area contributed by atoms with Crippen LogP contribution in [0.25, 0.3) is 0 Å². The number of ether oxygens (including phenoxy) is 2. The monoisotopic (exact) mass is 367 g/mol. The van der Waals surface area contributed by atoms with Crippen LogP contribution in [0.1, 0.15) is 37.0 Å². The van der Waals surface area contributed by atoms with Crippen LogP contribution in [0.5, 0.6) is 11.5 Å². The van der Waals surface area contributed by atoms with Gasteiger partial charge in [0, 0.05) is 12.0 Å². The van der Waals surface area contributed by atoms with Crippen LogP contribution < -0.4 is 14.8 Å². The summed E-state index contributed by atoms with van der Waals surface area (Å²) >= 11 is 0. The second-order valence-electron chi connectivity index (χ2n) is 8.02. The Morgan fingerprint density at radius 3 is 2.78 bits per heavy atom. The quantitative estimate of drug-likeness (QED) is 0.853. The highest BCUT2D eigenvalue weighted by molar-refractivity contribution is 5.79. The SMILES string of the molecule is CC1(C)Cc2cccc(OCC(=O)NC3(CO)CCc4ccccc43)c2O1. The number of nitrogens with one attached hydrogen (secondary N) is 1. The summed E-state index contributed by atoms with van der Waals surface area (Å²) in [4.78, 5) is 12.6. The molecule has 1 amide bonds. The van der Waals surface area contributed by atoms with Crippen LogP contribution in [-0.4, -0.2) is 29.8 Å². The predicted octanol–water partition coefficient (Wildman–Crippen LogP) is 2.73. The standard InChI is InChI=1S/C22H25NO4/c1-21(2)12-16-7-5-9-18(20(16)27-21)26-13-19(25)23-22(14-24)11-10-15-6-3-4-8-17(15)22/h3-9,24H,10-14H2,1-2H3,(H,23,25). The summed E-state index contributed by atoms with van der Waals surface area (Å²) in [5, 5.41) is 13.0. The third-order valence-electron chi connectivity index (χ3n) is 5.42. The van der Waals surface area contributed by atoms with Gasteiger partial charge < -0.3 is 19.9 Å². The molecule has 1 heterocycles. The third-order valence-corrected chi connectivity index (χ3v) is 5.42. The van der Waals surface area contributed by atoms with Gasteiger partial charge in [-0.15, -0.1) is 0 Å². The molecule has 2 aromatic carbocycles. The number of aliphatic hydroxyl groups excluding tert-OH is 1. The lowest BCUT2D eigenvalue weighted by molar-refractivity contribution is -0.125. The van der Waals surface area contributed by atoms with Gasteiger partial charge in [0.05, 0.1) is 12.1 Å². The molecule has 0 bridgehead atoms. The molecular formula is C22H25NO4. The van der Waals surface area contributed by atoms with E-state index < -0.39 is 5.54 Å². The summed E-state index contributed by atoms with van der Waals surface area (Å²) in [6.07, 6.45) is 2.34. The minimum Gasteiger partial charge on any atom is -0.483 e. The number of benzene rings is 2. The maximum absolute atomic E-state index is 12.6. The van der Waals surface area contributed by atoms with Gasteiger partial charge in [-0.05, 0) is 43.9 Å². The lowest BCUT2D eigenvalue weighted by atomic mass is 9.92. The molecule has 0 aromatic heterocycles. The van der Waals surface area contributed by atoms with Crippen molar-refractivity contribution in [2.24, 2.45) is 0 Å². The van der Waals surface area contributed by atoms with Gasteiger partial charge in [-0.3, -0.25) is 4.79 Å². The van der Waals surface area contributed by atoms with E-state index in [4.69, 9.17) is 9.47 Å². The van der Waals surface area contributed by atoms with E-state index in [1.54, 1.807) is 0 Å². The summed E-state index contributed by atoms with van der Waals surface area (Å²) < 4.78 is 11.8. The molecule has 2 aliphatic rings. The third kappa shape index (κ3) is 3.28. The summed E-state index contributed by atoms with van der Waals surface area (Å²) in [7, 11) is 0. The van der Waals surface area contributed by atoms with E-state index in [0.29, 0.717) is 12.2 Å². The van der Waals surface area contributed by atoms with Crippen molar-refractivity contribution < 1.29 is 19.4 Å². The number of amides is 1. The van der Waals surface area contributed by atoms with Crippen LogP contribution in [0.3, 0.4) is 0 Å². The van der Waals surface area contributed by atoms with Gasteiger partial charge in [-0.2, -0.15) is 0 Å². The minimum atomic E-state index is -0.728. The van der Waals surface area contributed by atoms with E-state index in [1.165, 1.54) is 5.56 Å². The van der Waals surface area contributed by atoms with Gasteiger partial charge in [0.1, 0.15) is 5.60 Å². The number of hydrogen-bond donors (Lipinski definition) is 2. The molecule has 0 radical (unpaired) electrons. The molecule has 5 heteroatoms. The van der Waals surface area contributed by atoms with Crippen molar-refractivity contribution in [3.05, 3.63) is 59.2 Å². The highest BCUT2D eigenvalue weighted by Gasteiger charge is 2.39. The Labute approximate surface area is 159 Å². The molecule has 1 unspecified atom stereocenters. The number of hydrogen-bond acceptors (Lipinski definition) is 4. The molecule has 0 fully saturated rings. The average Bonchev–Trinajstić information content (AvgIpc) is 3.17. The van der Waals surface area contributed by atoms with E-state index in [0.717, 1.165) is 29.7 Å². The Bertz CT molecular complexity index is 876. The minimum absolute atomic E-state index is 0.121. The number of para-hydroxylation sites is 1. The summed E-state index contributed by atoms with van der Waals surface area (Å²) in [5.74, 6) is 1.05. The predicted molar refractivity (Wildman–Crippen MR) is 102 cm³/mol. The highest BCUT2D eigenvalue weighted by Crippen LogP contribution is 2.42. The first kappa shape index (κ1) is 17.9. The van der Waals surface area contributed by atoms with Gasteiger partial charge in [0.2, 0.25) is 0 Å². The van der Waals surface area contributed by atoms with Gasteiger partial charge in [-0.1, -0.05) is 36.4 Å². The van der Waals surface area contributed by atoms with E-state index in [2.05, 4.69) is 5.32 Å². The number of aryl methyl sites for hydroxylation is 1. The lowest BCUT2D eigenvalue weighted by Gasteiger charge is -2.29. The Morgan fingerprint density at radius 2 is 1.96 bits per heavy atom. The van der Waals surface area contributed by atoms with Crippen molar-refractivity contribution in [2.45, 2.75) is 44.2 Å². The maximum atomic E-state index is 12.6.